The molecule has 0 aliphatic rings. The summed E-state index contributed by atoms with van der Waals surface area (Å²) in [6, 6.07) is 2.79. The minimum atomic E-state index is -1.12. The number of rotatable bonds is 4. The Hall–Kier alpha value is -1.20. The van der Waals surface area contributed by atoms with Crippen LogP contribution in [-0.2, 0) is 11.2 Å². The summed E-state index contributed by atoms with van der Waals surface area (Å²) in [7, 11) is 0. The predicted molar refractivity (Wildman–Crippen MR) is 61.5 cm³/mol. The molecule has 0 aromatic heterocycles. The van der Waals surface area contributed by atoms with E-state index in [2.05, 4.69) is 0 Å². The van der Waals surface area contributed by atoms with Gasteiger partial charge in [0.25, 0.3) is 0 Å². The van der Waals surface area contributed by atoms with Crippen molar-refractivity contribution in [3.63, 3.8) is 0 Å². The molecule has 2 N–H and O–H groups in total. The maximum absolute atomic E-state index is 10.8. The third kappa shape index (κ3) is 2.90. The van der Waals surface area contributed by atoms with Gasteiger partial charge in [0.15, 0.2) is 0 Å². The number of hydrogen-bond acceptors (Lipinski definition) is 3. The van der Waals surface area contributed by atoms with Gasteiger partial charge in [-0.25, -0.2) is 4.79 Å². The highest BCUT2D eigenvalue weighted by molar-refractivity contribution is 7.98. The molecule has 0 atom stereocenters. The number of aliphatic carboxylic acids is 1. The fourth-order valence-electron chi connectivity index (χ4n) is 1.25. The van der Waals surface area contributed by atoms with Crippen LogP contribution in [0.15, 0.2) is 17.0 Å². The molecule has 0 amide bonds. The van der Waals surface area contributed by atoms with E-state index in [1.807, 2.05) is 0 Å². The summed E-state index contributed by atoms with van der Waals surface area (Å²) in [5.74, 6) is -2.10. The number of halogens is 1. The van der Waals surface area contributed by atoms with Crippen molar-refractivity contribution in [2.45, 2.75) is 11.3 Å². The van der Waals surface area contributed by atoms with Gasteiger partial charge in [0, 0.05) is 4.90 Å². The van der Waals surface area contributed by atoms with E-state index in [0.717, 1.165) is 0 Å². The maximum Gasteiger partial charge on any atom is 0.337 e. The summed E-state index contributed by atoms with van der Waals surface area (Å²) in [6.07, 6.45) is 1.58. The van der Waals surface area contributed by atoms with Crippen LogP contribution in [0.5, 0.6) is 0 Å². The Balaban J connectivity index is 3.26. The number of aromatic carboxylic acids is 1. The Kier molecular flexibility index (Phi) is 4.20. The molecule has 0 radical (unpaired) electrons. The first kappa shape index (κ1) is 12.9. The van der Waals surface area contributed by atoms with E-state index in [-0.39, 0.29) is 17.0 Å². The molecule has 0 fully saturated rings. The Bertz CT molecular complexity index is 445. The van der Waals surface area contributed by atoms with Crippen LogP contribution >= 0.6 is 23.4 Å². The number of carbonyl (C=O) groups is 2. The predicted octanol–water partition coefficient (Wildman–Crippen LogP) is 2.39. The molecule has 0 heterocycles. The molecule has 86 valence electrons. The zero-order valence-corrected chi connectivity index (χ0v) is 9.93. The summed E-state index contributed by atoms with van der Waals surface area (Å²) < 4.78 is 0. The van der Waals surface area contributed by atoms with Gasteiger partial charge in [0.2, 0.25) is 0 Å². The Morgan fingerprint density at radius 1 is 1.38 bits per heavy atom. The summed E-state index contributed by atoms with van der Waals surface area (Å²) in [4.78, 5) is 22.0. The van der Waals surface area contributed by atoms with E-state index >= 15 is 0 Å². The van der Waals surface area contributed by atoms with E-state index in [1.54, 1.807) is 6.26 Å². The minimum Gasteiger partial charge on any atom is -0.481 e. The Morgan fingerprint density at radius 2 is 2.00 bits per heavy atom. The number of carboxylic acid groups (broad SMARTS) is 2. The minimum absolute atomic E-state index is 0.0137. The number of thioether (sulfide) groups is 1. The lowest BCUT2D eigenvalue weighted by Crippen LogP contribution is -2.04. The second-order valence-electron chi connectivity index (χ2n) is 3.02. The van der Waals surface area contributed by atoms with Crippen molar-refractivity contribution in [1.29, 1.82) is 0 Å². The molecule has 4 nitrogen and oxygen atoms in total. The zero-order valence-electron chi connectivity index (χ0n) is 8.36. The van der Waals surface area contributed by atoms with E-state index < -0.39 is 11.9 Å². The van der Waals surface area contributed by atoms with Crippen LogP contribution in [0.2, 0.25) is 5.02 Å². The second kappa shape index (κ2) is 5.23. The molecule has 0 saturated carbocycles. The average molecular weight is 261 g/mol. The van der Waals surface area contributed by atoms with Gasteiger partial charge < -0.3 is 10.2 Å². The van der Waals surface area contributed by atoms with Crippen LogP contribution in [-0.4, -0.2) is 28.4 Å². The van der Waals surface area contributed by atoms with E-state index in [4.69, 9.17) is 21.8 Å². The van der Waals surface area contributed by atoms with Gasteiger partial charge in [-0.3, -0.25) is 4.79 Å². The first-order valence-corrected chi connectivity index (χ1v) is 5.87. The molecule has 0 bridgehead atoms. The van der Waals surface area contributed by atoms with Crippen LogP contribution < -0.4 is 0 Å². The third-order valence-electron chi connectivity index (χ3n) is 1.94. The van der Waals surface area contributed by atoms with Gasteiger partial charge in [0.05, 0.1) is 17.0 Å². The maximum atomic E-state index is 10.8. The van der Waals surface area contributed by atoms with Crippen LogP contribution in [0.1, 0.15) is 15.9 Å². The quantitative estimate of drug-likeness (QED) is 0.813. The molecular weight excluding hydrogens is 252 g/mol. The fourth-order valence-corrected chi connectivity index (χ4v) is 2.15. The van der Waals surface area contributed by atoms with Crippen LogP contribution in [0.4, 0.5) is 0 Å². The normalized spacial score (nSPS) is 10.1. The van der Waals surface area contributed by atoms with Crippen LogP contribution in [0.3, 0.4) is 0 Å². The van der Waals surface area contributed by atoms with Crippen molar-refractivity contribution in [3.8, 4) is 0 Å². The van der Waals surface area contributed by atoms with Gasteiger partial charge in [-0.1, -0.05) is 11.6 Å². The molecule has 0 aliphatic carbocycles. The summed E-state index contributed by atoms with van der Waals surface area (Å²) in [5.41, 5.74) is 0.509. The van der Waals surface area contributed by atoms with Gasteiger partial charge in [-0.15, -0.1) is 11.8 Å². The van der Waals surface area contributed by atoms with Gasteiger partial charge in [-0.2, -0.15) is 0 Å². The highest BCUT2D eigenvalue weighted by atomic mass is 35.5. The van der Waals surface area contributed by atoms with Crippen molar-refractivity contribution in [3.05, 3.63) is 28.3 Å². The summed E-state index contributed by atoms with van der Waals surface area (Å²) in [6.45, 7) is 0. The molecule has 0 aliphatic heterocycles. The van der Waals surface area contributed by atoms with Crippen molar-refractivity contribution in [1.82, 2.24) is 0 Å². The molecule has 1 aromatic carbocycles. The molecule has 0 unspecified atom stereocenters. The van der Waals surface area contributed by atoms with Crippen LogP contribution in [0.25, 0.3) is 0 Å². The number of carboxylic acids is 2. The van der Waals surface area contributed by atoms with Gasteiger partial charge >= 0.3 is 11.9 Å². The summed E-state index contributed by atoms with van der Waals surface area (Å²) in [5, 5.41) is 17.6. The topological polar surface area (TPSA) is 74.6 Å². The lowest BCUT2D eigenvalue weighted by atomic mass is 10.1. The third-order valence-corrected chi connectivity index (χ3v) is 3.07. The lowest BCUT2D eigenvalue weighted by molar-refractivity contribution is -0.136. The largest absolute Gasteiger partial charge is 0.481 e. The molecule has 16 heavy (non-hydrogen) atoms. The fraction of sp³-hybridized carbons (Fsp3) is 0.200. The van der Waals surface area contributed by atoms with E-state index in [9.17, 15) is 9.59 Å². The van der Waals surface area contributed by atoms with Crippen LogP contribution in [0, 0.1) is 0 Å². The van der Waals surface area contributed by atoms with Crippen molar-refractivity contribution >= 4 is 35.3 Å². The van der Waals surface area contributed by atoms with Crippen molar-refractivity contribution < 1.29 is 19.8 Å². The second-order valence-corrected chi connectivity index (χ2v) is 4.27. The number of hydrogen-bond donors (Lipinski definition) is 2. The Labute approximate surface area is 101 Å². The standard InChI is InChI=1S/C10H9ClO4S/c1-16-8-4-6(10(14)15)7(11)2-5(8)3-9(12)13/h2,4H,3H2,1H3,(H,12,13)(H,14,15). The number of benzene rings is 1. The highest BCUT2D eigenvalue weighted by Crippen LogP contribution is 2.28. The van der Waals surface area contributed by atoms with Crippen molar-refractivity contribution in [2.24, 2.45) is 0 Å². The summed E-state index contributed by atoms with van der Waals surface area (Å²) >= 11 is 7.05. The average Bonchev–Trinajstić information content (AvgIpc) is 2.16. The smallest absolute Gasteiger partial charge is 0.337 e. The highest BCUT2D eigenvalue weighted by Gasteiger charge is 2.14. The molecule has 0 spiro atoms. The van der Waals surface area contributed by atoms with Crippen molar-refractivity contribution in [2.75, 3.05) is 6.26 Å². The first-order valence-electron chi connectivity index (χ1n) is 4.27. The monoisotopic (exact) mass is 260 g/mol. The Morgan fingerprint density at radius 3 is 2.44 bits per heavy atom. The SMILES string of the molecule is CSc1cc(C(=O)O)c(Cl)cc1CC(=O)O. The molecule has 6 heteroatoms. The van der Waals surface area contributed by atoms with Gasteiger partial charge in [-0.05, 0) is 24.0 Å². The lowest BCUT2D eigenvalue weighted by Gasteiger charge is -2.08. The molecule has 0 saturated heterocycles. The molecular formula is C10H9ClO4S. The van der Waals surface area contributed by atoms with Gasteiger partial charge in [0.1, 0.15) is 0 Å². The van der Waals surface area contributed by atoms with E-state index in [0.29, 0.717) is 10.5 Å². The molecule has 1 aromatic rings. The zero-order chi connectivity index (χ0) is 12.3. The van der Waals surface area contributed by atoms with E-state index in [1.165, 1.54) is 23.9 Å². The first-order chi connectivity index (χ1) is 7.45. The molecule has 1 rings (SSSR count).